The van der Waals surface area contributed by atoms with Gasteiger partial charge in [-0.2, -0.15) is 4.57 Å². The summed E-state index contributed by atoms with van der Waals surface area (Å²) in [4.78, 5) is 12.9. The molecule has 5 aliphatic rings. The summed E-state index contributed by atoms with van der Waals surface area (Å²) in [5.74, 6) is -1.91. The third kappa shape index (κ3) is 1.72. The fraction of sp³-hybridized carbons (Fsp3) is 0.0952. The van der Waals surface area contributed by atoms with Crippen molar-refractivity contribution in [3.63, 3.8) is 0 Å². The lowest BCUT2D eigenvalue weighted by molar-refractivity contribution is 0.0219. The number of hydrogen-bond donors (Lipinski definition) is 2. The van der Waals surface area contributed by atoms with Gasteiger partial charge in [-0.25, -0.2) is 4.79 Å². The number of fused-ring (bicyclic) bond motifs is 4. The molecule has 5 heterocycles. The van der Waals surface area contributed by atoms with Gasteiger partial charge in [0.05, 0.1) is 16.7 Å². The molecule has 3 aromatic carbocycles. The number of phenols is 2. The molecule has 8 rings (SSSR count). The molecule has 2 atom stereocenters. The van der Waals surface area contributed by atoms with Gasteiger partial charge < -0.3 is 33.3 Å². The van der Waals surface area contributed by atoms with Crippen LogP contribution in [-0.4, -0.2) is 16.2 Å². The summed E-state index contributed by atoms with van der Waals surface area (Å²) in [6.45, 7) is 1.55. The van der Waals surface area contributed by atoms with Gasteiger partial charge in [-0.05, 0) is 25.1 Å². The molecule has 154 valence electrons. The Bertz CT molecular complexity index is 1460. The molecular formula is C21H11O9P. The Kier molecular flexibility index (Phi) is 2.67. The molecule has 9 nitrogen and oxygen atoms in total. The van der Waals surface area contributed by atoms with E-state index in [0.717, 1.165) is 0 Å². The summed E-state index contributed by atoms with van der Waals surface area (Å²) in [5.41, 5.74) is 0.0555. The number of phosphoric acid groups is 1. The highest BCUT2D eigenvalue weighted by Crippen LogP contribution is 2.73. The van der Waals surface area contributed by atoms with Crippen LogP contribution >= 0.6 is 7.82 Å². The van der Waals surface area contributed by atoms with E-state index >= 15 is 0 Å². The third-order valence-electron chi connectivity index (χ3n) is 5.98. The lowest BCUT2D eigenvalue weighted by Crippen LogP contribution is -2.33. The van der Waals surface area contributed by atoms with E-state index in [4.69, 9.17) is 23.0 Å². The van der Waals surface area contributed by atoms with Crippen molar-refractivity contribution in [2.24, 2.45) is 0 Å². The zero-order valence-electron chi connectivity index (χ0n) is 15.7. The van der Waals surface area contributed by atoms with Crippen molar-refractivity contribution in [2.45, 2.75) is 12.5 Å². The molecule has 10 heteroatoms. The van der Waals surface area contributed by atoms with E-state index in [1.54, 1.807) is 37.3 Å². The van der Waals surface area contributed by atoms with Crippen molar-refractivity contribution in [3.8, 4) is 40.2 Å². The lowest BCUT2D eigenvalue weighted by atomic mass is 9.76. The highest BCUT2D eigenvalue weighted by atomic mass is 31.2. The van der Waals surface area contributed by atoms with E-state index in [0.29, 0.717) is 16.7 Å². The van der Waals surface area contributed by atoms with Gasteiger partial charge in [-0.1, -0.05) is 18.2 Å². The summed E-state index contributed by atoms with van der Waals surface area (Å²) in [6, 6.07) is 9.70. The van der Waals surface area contributed by atoms with E-state index in [1.165, 1.54) is 6.07 Å². The van der Waals surface area contributed by atoms with Gasteiger partial charge in [0.1, 0.15) is 0 Å². The number of carbonyl (C=O) groups excluding carboxylic acids is 1. The molecule has 0 aliphatic carbocycles. The van der Waals surface area contributed by atoms with Crippen LogP contribution in [0.3, 0.4) is 0 Å². The number of hydrogen-bond acceptors (Lipinski definition) is 9. The molecule has 5 aliphatic heterocycles. The van der Waals surface area contributed by atoms with Crippen LogP contribution in [0.2, 0.25) is 0 Å². The largest absolute Gasteiger partial charge is 0.647 e. The molecule has 0 saturated heterocycles. The van der Waals surface area contributed by atoms with Gasteiger partial charge in [-0.15, -0.1) is 0 Å². The first-order valence-corrected chi connectivity index (χ1v) is 10.8. The van der Waals surface area contributed by atoms with Crippen molar-refractivity contribution in [1.29, 1.82) is 0 Å². The first-order chi connectivity index (χ1) is 14.8. The maximum atomic E-state index is 13.4. The fourth-order valence-corrected chi connectivity index (χ4v) is 6.01. The molecule has 1 spiro atoms. The van der Waals surface area contributed by atoms with Crippen molar-refractivity contribution in [3.05, 3.63) is 64.2 Å². The normalized spacial score (nSPS) is 25.0. The van der Waals surface area contributed by atoms with E-state index in [-0.39, 0.29) is 51.4 Å². The van der Waals surface area contributed by atoms with E-state index in [2.05, 4.69) is 0 Å². The highest BCUT2D eigenvalue weighted by Gasteiger charge is 2.61. The van der Waals surface area contributed by atoms with Crippen LogP contribution in [0, 0.1) is 6.92 Å². The first-order valence-electron chi connectivity index (χ1n) is 9.30. The standard InChI is InChI=1S/C21H11O9P/c1-8-14(23)19-18-13-15(8)28-31(25,30-19)29-17-12(22)7-6-11(16(17)26-18)21(13)10-5-3-2-4-9(10)20(24)27-21/h2-7,22-23H,1H3. The van der Waals surface area contributed by atoms with Crippen molar-refractivity contribution in [2.75, 3.05) is 0 Å². The van der Waals surface area contributed by atoms with Gasteiger partial charge in [0.25, 0.3) is 0 Å². The van der Waals surface area contributed by atoms with Gasteiger partial charge in [0.2, 0.25) is 11.5 Å². The van der Waals surface area contributed by atoms with Crippen LogP contribution in [0.15, 0.2) is 36.4 Å². The lowest BCUT2D eigenvalue weighted by Gasteiger charge is -2.37. The smallest absolute Gasteiger partial charge is 0.504 e. The fourth-order valence-electron chi connectivity index (χ4n) is 4.66. The Morgan fingerprint density at radius 2 is 1.61 bits per heavy atom. The average Bonchev–Trinajstić information content (AvgIpc) is 2.93. The summed E-state index contributed by atoms with van der Waals surface area (Å²) >= 11 is 0. The molecule has 31 heavy (non-hydrogen) atoms. The van der Waals surface area contributed by atoms with Crippen LogP contribution in [0.5, 0.6) is 40.2 Å². The third-order valence-corrected chi connectivity index (χ3v) is 7.20. The van der Waals surface area contributed by atoms with Crippen LogP contribution in [0.4, 0.5) is 0 Å². The van der Waals surface area contributed by atoms with Crippen molar-refractivity contribution < 1.29 is 42.6 Å². The number of phosphoric ester groups is 1. The monoisotopic (exact) mass is 438 g/mol. The Labute approximate surface area is 173 Å². The van der Waals surface area contributed by atoms with Gasteiger partial charge in [0, 0.05) is 11.1 Å². The quantitative estimate of drug-likeness (QED) is 0.392. The minimum absolute atomic E-state index is 0.0125. The Balaban J connectivity index is 1.75. The number of rotatable bonds is 0. The van der Waals surface area contributed by atoms with Crippen LogP contribution in [-0.2, 0) is 14.9 Å². The van der Waals surface area contributed by atoms with Gasteiger partial charge in [-0.3, -0.25) is 0 Å². The molecule has 0 aromatic heterocycles. The number of esters is 1. The van der Waals surface area contributed by atoms with Crippen LogP contribution in [0.25, 0.3) is 0 Å². The Morgan fingerprint density at radius 3 is 2.45 bits per heavy atom. The topological polar surface area (TPSA) is 121 Å². The Morgan fingerprint density at radius 1 is 0.871 bits per heavy atom. The first kappa shape index (κ1) is 16.9. The maximum Gasteiger partial charge on any atom is 0.647 e. The summed E-state index contributed by atoms with van der Waals surface area (Å²) in [6.07, 6.45) is 0. The predicted octanol–water partition coefficient (Wildman–Crippen LogP) is 4.25. The predicted molar refractivity (Wildman–Crippen MR) is 102 cm³/mol. The summed E-state index contributed by atoms with van der Waals surface area (Å²) in [7, 11) is -4.39. The van der Waals surface area contributed by atoms with Crippen molar-refractivity contribution in [1.82, 2.24) is 0 Å². The molecule has 0 saturated carbocycles. The minimum Gasteiger partial charge on any atom is -0.504 e. The zero-order chi connectivity index (χ0) is 21.3. The average molecular weight is 438 g/mol. The van der Waals surface area contributed by atoms with Gasteiger partial charge in [0.15, 0.2) is 34.3 Å². The number of ether oxygens (including phenoxy) is 2. The number of carbonyl (C=O) groups is 1. The molecule has 2 unspecified atom stereocenters. The van der Waals surface area contributed by atoms with E-state index in [1.807, 2.05) is 0 Å². The van der Waals surface area contributed by atoms with E-state index in [9.17, 15) is 19.6 Å². The van der Waals surface area contributed by atoms with E-state index < -0.39 is 19.4 Å². The molecule has 3 aromatic rings. The van der Waals surface area contributed by atoms with Crippen LogP contribution in [0.1, 0.15) is 32.6 Å². The second kappa shape index (κ2) is 4.90. The SMILES string of the molecule is Cc1c(O)c2c3c4c1OP(=O)(Oc1c(O)ccc(c1O3)C41OC(=O)c3ccccc31)O2. The number of benzene rings is 3. The molecular weight excluding hydrogens is 427 g/mol. The molecule has 0 fully saturated rings. The number of aromatic hydroxyl groups is 2. The van der Waals surface area contributed by atoms with Crippen molar-refractivity contribution >= 4 is 13.8 Å². The second-order valence-electron chi connectivity index (χ2n) is 7.57. The molecule has 0 amide bonds. The summed E-state index contributed by atoms with van der Waals surface area (Å²) in [5, 5.41) is 21.1. The minimum atomic E-state index is -4.39. The van der Waals surface area contributed by atoms with Crippen LogP contribution < -0.4 is 18.3 Å². The van der Waals surface area contributed by atoms with Gasteiger partial charge >= 0.3 is 13.8 Å². The second-order valence-corrected chi connectivity index (χ2v) is 9.01. The highest BCUT2D eigenvalue weighted by molar-refractivity contribution is 7.49. The maximum absolute atomic E-state index is 13.4. The number of phenolic OH excluding ortho intramolecular Hbond substituents is 2. The Hall–Kier alpha value is -3.84. The summed E-state index contributed by atoms with van der Waals surface area (Å²) < 4.78 is 42.2. The molecule has 2 N–H and O–H groups in total. The molecule has 0 radical (unpaired) electrons. The zero-order valence-corrected chi connectivity index (χ0v) is 16.6. The molecule has 5 bridgehead atoms.